The molecule has 162 valence electrons. The summed E-state index contributed by atoms with van der Waals surface area (Å²) < 4.78 is 12.1. The van der Waals surface area contributed by atoms with Crippen molar-refractivity contribution >= 4 is 34.5 Å². The molecule has 1 aromatic carbocycles. The van der Waals surface area contributed by atoms with Gasteiger partial charge in [-0.15, -0.1) is 0 Å². The molecule has 1 saturated heterocycles. The van der Waals surface area contributed by atoms with Crippen molar-refractivity contribution in [2.24, 2.45) is 5.73 Å². The molecule has 12 heteroatoms. The number of aromatic nitrogens is 3. The van der Waals surface area contributed by atoms with Gasteiger partial charge in [-0.3, -0.25) is 9.36 Å². The zero-order chi connectivity index (χ0) is 22.3. The number of nitrogens with zero attached hydrogens (tertiary/aromatic N) is 3. The highest BCUT2D eigenvalue weighted by molar-refractivity contribution is 6.13. The highest BCUT2D eigenvalue weighted by Crippen LogP contribution is 2.38. The van der Waals surface area contributed by atoms with Crippen molar-refractivity contribution < 1.29 is 29.3 Å². The summed E-state index contributed by atoms with van der Waals surface area (Å²) in [5.74, 6) is -1.68. The third kappa shape index (κ3) is 3.42. The van der Waals surface area contributed by atoms with E-state index in [1.165, 1.54) is 4.57 Å². The number of benzene rings is 1. The van der Waals surface area contributed by atoms with Crippen LogP contribution in [0.2, 0.25) is 0 Å². The number of nitrogen functional groups attached to an aromatic ring is 2. The molecule has 4 atom stereocenters. The first-order chi connectivity index (χ1) is 14.8. The van der Waals surface area contributed by atoms with Crippen LogP contribution in [0, 0.1) is 0 Å². The second-order valence-corrected chi connectivity index (χ2v) is 6.96. The number of amides is 1. The lowest BCUT2D eigenvalue weighted by Gasteiger charge is -2.19. The van der Waals surface area contributed by atoms with Crippen molar-refractivity contribution in [2.45, 2.75) is 24.5 Å². The maximum Gasteiger partial charge on any atom is 0.338 e. The highest BCUT2D eigenvalue weighted by atomic mass is 16.6. The molecule has 8 N–H and O–H groups in total. The van der Waals surface area contributed by atoms with E-state index in [1.54, 1.807) is 30.3 Å². The number of nitrogens with two attached hydrogens (primary N) is 3. The second-order valence-electron chi connectivity index (χ2n) is 6.96. The van der Waals surface area contributed by atoms with Gasteiger partial charge in [0, 0.05) is 0 Å². The minimum Gasteiger partial charge on any atom is -0.459 e. The molecule has 31 heavy (non-hydrogen) atoms. The van der Waals surface area contributed by atoms with Gasteiger partial charge in [0.25, 0.3) is 5.91 Å². The molecule has 1 aliphatic rings. The fourth-order valence-electron chi connectivity index (χ4n) is 3.58. The largest absolute Gasteiger partial charge is 0.459 e. The van der Waals surface area contributed by atoms with E-state index in [-0.39, 0.29) is 34.8 Å². The average Bonchev–Trinajstić information content (AvgIpc) is 3.21. The van der Waals surface area contributed by atoms with E-state index in [1.807, 2.05) is 0 Å². The fraction of sp³-hybridized carbons (Fsp3) is 0.263. The fourth-order valence-corrected chi connectivity index (χ4v) is 3.58. The first-order valence-corrected chi connectivity index (χ1v) is 9.24. The first-order valence-electron chi connectivity index (χ1n) is 9.24. The van der Waals surface area contributed by atoms with E-state index in [0.717, 1.165) is 6.33 Å². The Morgan fingerprint density at radius 1 is 1.13 bits per heavy atom. The number of primary amides is 1. The van der Waals surface area contributed by atoms with Crippen molar-refractivity contribution in [3.8, 4) is 0 Å². The van der Waals surface area contributed by atoms with Gasteiger partial charge in [0.15, 0.2) is 6.23 Å². The highest BCUT2D eigenvalue weighted by Gasteiger charge is 2.46. The SMILES string of the molecule is NC(=O)c1c(N)n([C@@H]2O[C@H](COC(=O)c3ccccc3)[C@@H](O)[C@H]2O)c2ncnc(N)c12. The Morgan fingerprint density at radius 2 is 1.84 bits per heavy atom. The number of aliphatic hydroxyl groups is 2. The van der Waals surface area contributed by atoms with Crippen molar-refractivity contribution in [1.29, 1.82) is 0 Å². The molecule has 4 rings (SSSR count). The van der Waals surface area contributed by atoms with E-state index in [0.29, 0.717) is 5.56 Å². The molecule has 0 bridgehead atoms. The number of carbonyl (C=O) groups excluding carboxylic acids is 2. The van der Waals surface area contributed by atoms with Crippen LogP contribution in [0.4, 0.5) is 11.6 Å². The van der Waals surface area contributed by atoms with Crippen LogP contribution in [0.1, 0.15) is 26.9 Å². The summed E-state index contributed by atoms with van der Waals surface area (Å²) >= 11 is 0. The van der Waals surface area contributed by atoms with Gasteiger partial charge in [0.1, 0.15) is 48.5 Å². The molecular formula is C19H20N6O6. The Labute approximate surface area is 175 Å². The molecule has 0 unspecified atom stereocenters. The Bertz CT molecular complexity index is 1150. The quantitative estimate of drug-likeness (QED) is 0.319. The smallest absolute Gasteiger partial charge is 0.338 e. The number of rotatable bonds is 5. The van der Waals surface area contributed by atoms with Crippen molar-refractivity contribution in [3.05, 3.63) is 47.8 Å². The molecule has 0 spiro atoms. The lowest BCUT2D eigenvalue weighted by atomic mass is 10.1. The minimum absolute atomic E-state index is 0.0365. The van der Waals surface area contributed by atoms with Gasteiger partial charge in [-0.05, 0) is 12.1 Å². The number of fused-ring (bicyclic) bond motifs is 1. The van der Waals surface area contributed by atoms with E-state index < -0.39 is 36.4 Å². The van der Waals surface area contributed by atoms with Crippen molar-refractivity contribution in [1.82, 2.24) is 14.5 Å². The molecule has 1 amide bonds. The molecular weight excluding hydrogens is 408 g/mol. The Morgan fingerprint density at radius 3 is 2.52 bits per heavy atom. The van der Waals surface area contributed by atoms with Gasteiger partial charge in [-0.1, -0.05) is 18.2 Å². The predicted octanol–water partition coefficient (Wildman–Crippen LogP) is -0.829. The van der Waals surface area contributed by atoms with Gasteiger partial charge < -0.3 is 36.9 Å². The molecule has 3 aromatic rings. The van der Waals surface area contributed by atoms with Crippen LogP contribution >= 0.6 is 0 Å². The van der Waals surface area contributed by atoms with E-state index in [9.17, 15) is 19.8 Å². The van der Waals surface area contributed by atoms with E-state index >= 15 is 0 Å². The van der Waals surface area contributed by atoms with Crippen LogP contribution in [0.3, 0.4) is 0 Å². The van der Waals surface area contributed by atoms with Crippen LogP contribution in [0.25, 0.3) is 11.0 Å². The van der Waals surface area contributed by atoms with Gasteiger partial charge >= 0.3 is 5.97 Å². The lowest BCUT2D eigenvalue weighted by Crippen LogP contribution is -2.34. The van der Waals surface area contributed by atoms with Crippen LogP contribution < -0.4 is 17.2 Å². The Balaban J connectivity index is 1.62. The third-order valence-corrected chi connectivity index (χ3v) is 5.08. The molecule has 2 aromatic heterocycles. The molecule has 0 radical (unpaired) electrons. The summed E-state index contributed by atoms with van der Waals surface area (Å²) in [5, 5.41) is 21.1. The zero-order valence-electron chi connectivity index (χ0n) is 16.1. The van der Waals surface area contributed by atoms with E-state index in [4.69, 9.17) is 26.7 Å². The number of esters is 1. The summed E-state index contributed by atoms with van der Waals surface area (Å²) in [5.41, 5.74) is 17.7. The van der Waals surface area contributed by atoms with Crippen molar-refractivity contribution in [3.63, 3.8) is 0 Å². The third-order valence-electron chi connectivity index (χ3n) is 5.08. The topological polar surface area (TPSA) is 202 Å². The van der Waals surface area contributed by atoms with Gasteiger partial charge in [-0.25, -0.2) is 14.8 Å². The van der Waals surface area contributed by atoms with Gasteiger partial charge in [0.2, 0.25) is 0 Å². The summed E-state index contributed by atoms with van der Waals surface area (Å²) in [4.78, 5) is 32.0. The van der Waals surface area contributed by atoms with Crippen LogP contribution in [0.15, 0.2) is 36.7 Å². The molecule has 1 aliphatic heterocycles. The Hall–Kier alpha value is -3.74. The maximum atomic E-state index is 12.2. The maximum absolute atomic E-state index is 12.2. The predicted molar refractivity (Wildman–Crippen MR) is 108 cm³/mol. The number of hydrogen-bond acceptors (Lipinski definition) is 10. The van der Waals surface area contributed by atoms with Crippen LogP contribution in [-0.2, 0) is 9.47 Å². The van der Waals surface area contributed by atoms with E-state index in [2.05, 4.69) is 9.97 Å². The monoisotopic (exact) mass is 428 g/mol. The Kier molecular flexibility index (Phi) is 5.19. The minimum atomic E-state index is -1.48. The number of anilines is 2. The molecule has 1 fully saturated rings. The number of carbonyl (C=O) groups is 2. The number of aliphatic hydroxyl groups excluding tert-OH is 2. The normalized spacial score (nSPS) is 23.2. The summed E-state index contributed by atoms with van der Waals surface area (Å²) in [6.45, 7) is -0.332. The number of hydrogen-bond donors (Lipinski definition) is 5. The van der Waals surface area contributed by atoms with Gasteiger partial charge in [-0.2, -0.15) is 0 Å². The summed E-state index contributed by atoms with van der Waals surface area (Å²) in [6.07, 6.45) is -4.06. The standard InChI is InChI=1S/C19H20N6O6/c20-14-10-11(16(22)28)15(21)25(17(10)24-7-23-14)18-13(27)12(26)9(31-18)6-30-19(29)8-4-2-1-3-5-8/h1-5,7,9,12-13,18,26-27H,6,21H2,(H2,22,28)(H2,20,23,24)/t9-,12-,13-,18-/m1/s1. The summed E-state index contributed by atoms with van der Waals surface area (Å²) in [6, 6.07) is 8.27. The zero-order valence-corrected chi connectivity index (χ0v) is 16.1. The average molecular weight is 428 g/mol. The number of ether oxygens (including phenoxy) is 2. The van der Waals surface area contributed by atoms with Gasteiger partial charge in [0.05, 0.1) is 16.5 Å². The molecule has 0 saturated carbocycles. The molecule has 0 aliphatic carbocycles. The van der Waals surface area contributed by atoms with Crippen LogP contribution in [-0.4, -0.2) is 61.5 Å². The first kappa shape index (κ1) is 20.5. The molecule has 12 nitrogen and oxygen atoms in total. The van der Waals surface area contributed by atoms with Crippen LogP contribution in [0.5, 0.6) is 0 Å². The second kappa shape index (κ2) is 7.83. The summed E-state index contributed by atoms with van der Waals surface area (Å²) in [7, 11) is 0. The lowest BCUT2D eigenvalue weighted by molar-refractivity contribution is -0.0555. The van der Waals surface area contributed by atoms with Crippen molar-refractivity contribution in [2.75, 3.05) is 18.1 Å². The molecule has 3 heterocycles.